The number of halogens is 1. The van der Waals surface area contributed by atoms with Crippen LogP contribution in [0.2, 0.25) is 5.02 Å². The fourth-order valence-corrected chi connectivity index (χ4v) is 4.01. The standard InChI is InChI=1S/C26H28ClN3O2/c1-29-13-15-30(16-14-29)18-22-17-21(7-12-25(22)32-2)19-5-10-24(11-6-19)28-26(31)20-3-8-23(27)9-4-20/h3-12,17H,13-16,18H2,1-2H3,(H,28,31). The summed E-state index contributed by atoms with van der Waals surface area (Å²) >= 11 is 5.90. The number of piperazine rings is 1. The van der Waals surface area contributed by atoms with Crippen molar-refractivity contribution in [3.05, 3.63) is 82.9 Å². The van der Waals surface area contributed by atoms with Crippen molar-refractivity contribution in [1.29, 1.82) is 0 Å². The third-order valence-corrected chi connectivity index (χ3v) is 6.10. The van der Waals surface area contributed by atoms with Gasteiger partial charge < -0.3 is 15.0 Å². The van der Waals surface area contributed by atoms with Gasteiger partial charge in [-0.1, -0.05) is 29.8 Å². The highest BCUT2D eigenvalue weighted by Gasteiger charge is 2.16. The number of rotatable bonds is 6. The fraction of sp³-hybridized carbons (Fsp3) is 0.269. The van der Waals surface area contributed by atoms with Crippen LogP contribution in [0, 0.1) is 0 Å². The first kappa shape index (κ1) is 22.3. The summed E-state index contributed by atoms with van der Waals surface area (Å²) in [7, 11) is 3.89. The number of carbonyl (C=O) groups is 1. The van der Waals surface area contributed by atoms with Gasteiger partial charge in [0.15, 0.2) is 0 Å². The van der Waals surface area contributed by atoms with Gasteiger partial charge in [-0.3, -0.25) is 9.69 Å². The molecular weight excluding hydrogens is 422 g/mol. The second-order valence-electron chi connectivity index (χ2n) is 8.14. The first-order chi connectivity index (χ1) is 15.5. The van der Waals surface area contributed by atoms with E-state index in [1.54, 1.807) is 31.4 Å². The van der Waals surface area contributed by atoms with Crippen molar-refractivity contribution in [3.8, 4) is 16.9 Å². The van der Waals surface area contributed by atoms with Crippen LogP contribution in [-0.2, 0) is 6.54 Å². The molecule has 1 N–H and O–H groups in total. The lowest BCUT2D eigenvalue weighted by Crippen LogP contribution is -2.43. The van der Waals surface area contributed by atoms with Crippen LogP contribution in [0.15, 0.2) is 66.7 Å². The molecule has 3 aromatic rings. The molecule has 0 unspecified atom stereocenters. The van der Waals surface area contributed by atoms with E-state index in [-0.39, 0.29) is 5.91 Å². The molecule has 0 aromatic heterocycles. The minimum absolute atomic E-state index is 0.159. The molecule has 0 bridgehead atoms. The molecule has 1 aliphatic heterocycles. The Morgan fingerprint density at radius 2 is 1.59 bits per heavy atom. The molecule has 4 rings (SSSR count). The minimum atomic E-state index is -0.159. The van der Waals surface area contributed by atoms with Gasteiger partial charge in [0.05, 0.1) is 7.11 Å². The monoisotopic (exact) mass is 449 g/mol. The van der Waals surface area contributed by atoms with Crippen molar-refractivity contribution in [1.82, 2.24) is 9.80 Å². The summed E-state index contributed by atoms with van der Waals surface area (Å²) in [6, 6.07) is 21.1. The van der Waals surface area contributed by atoms with E-state index < -0.39 is 0 Å². The molecule has 0 saturated carbocycles. The normalized spacial score (nSPS) is 14.8. The summed E-state index contributed by atoms with van der Waals surface area (Å²) < 4.78 is 5.62. The molecule has 3 aromatic carbocycles. The number of anilines is 1. The Hall–Kier alpha value is -2.86. The Kier molecular flexibility index (Phi) is 7.10. The number of hydrogen-bond acceptors (Lipinski definition) is 4. The van der Waals surface area contributed by atoms with Crippen LogP contribution in [0.4, 0.5) is 5.69 Å². The molecule has 0 atom stereocenters. The van der Waals surface area contributed by atoms with Crippen LogP contribution >= 0.6 is 11.6 Å². The Balaban J connectivity index is 1.47. The van der Waals surface area contributed by atoms with Crippen LogP contribution in [0.1, 0.15) is 15.9 Å². The zero-order chi connectivity index (χ0) is 22.5. The third-order valence-electron chi connectivity index (χ3n) is 5.85. The topological polar surface area (TPSA) is 44.8 Å². The van der Waals surface area contributed by atoms with E-state index in [9.17, 15) is 4.79 Å². The van der Waals surface area contributed by atoms with Gasteiger partial charge in [-0.15, -0.1) is 0 Å². The van der Waals surface area contributed by atoms with Crippen LogP contribution in [0.5, 0.6) is 5.75 Å². The Morgan fingerprint density at radius 3 is 2.25 bits per heavy atom. The molecule has 0 aliphatic carbocycles. The molecule has 1 amide bonds. The van der Waals surface area contributed by atoms with Gasteiger partial charge in [-0.05, 0) is 66.7 Å². The predicted molar refractivity (Wildman–Crippen MR) is 131 cm³/mol. The number of benzene rings is 3. The van der Waals surface area contributed by atoms with Gasteiger partial charge in [-0.2, -0.15) is 0 Å². The zero-order valence-electron chi connectivity index (χ0n) is 18.5. The number of methoxy groups -OCH3 is 1. The molecule has 1 aliphatic rings. The summed E-state index contributed by atoms with van der Waals surface area (Å²) in [6.07, 6.45) is 0. The van der Waals surface area contributed by atoms with Crippen LogP contribution < -0.4 is 10.1 Å². The lowest BCUT2D eigenvalue weighted by atomic mass is 10.0. The Bertz CT molecular complexity index is 1060. The molecule has 1 fully saturated rings. The van der Waals surface area contributed by atoms with Crippen LogP contribution in [0.3, 0.4) is 0 Å². The van der Waals surface area contributed by atoms with Crippen LogP contribution in [0.25, 0.3) is 11.1 Å². The van der Waals surface area contributed by atoms with Gasteiger partial charge in [0, 0.05) is 54.6 Å². The highest BCUT2D eigenvalue weighted by Crippen LogP contribution is 2.29. The van der Waals surface area contributed by atoms with Gasteiger partial charge in [0.1, 0.15) is 5.75 Å². The van der Waals surface area contributed by atoms with E-state index >= 15 is 0 Å². The van der Waals surface area contributed by atoms with Gasteiger partial charge in [0.2, 0.25) is 0 Å². The van der Waals surface area contributed by atoms with Crippen molar-refractivity contribution in [2.24, 2.45) is 0 Å². The van der Waals surface area contributed by atoms with Crippen LogP contribution in [-0.4, -0.2) is 56.0 Å². The maximum Gasteiger partial charge on any atom is 0.255 e. The van der Waals surface area contributed by atoms with Crippen molar-refractivity contribution in [3.63, 3.8) is 0 Å². The second-order valence-corrected chi connectivity index (χ2v) is 8.58. The number of hydrogen-bond donors (Lipinski definition) is 1. The molecule has 1 saturated heterocycles. The largest absolute Gasteiger partial charge is 0.496 e. The van der Waals surface area contributed by atoms with Crippen molar-refractivity contribution in [2.75, 3.05) is 45.7 Å². The molecule has 0 radical (unpaired) electrons. The number of nitrogens with one attached hydrogen (secondary N) is 1. The highest BCUT2D eigenvalue weighted by atomic mass is 35.5. The second kappa shape index (κ2) is 10.2. The molecular formula is C26H28ClN3O2. The first-order valence-electron chi connectivity index (χ1n) is 10.8. The average Bonchev–Trinajstić information content (AvgIpc) is 2.81. The van der Waals surface area contributed by atoms with E-state index in [0.717, 1.165) is 55.3 Å². The lowest BCUT2D eigenvalue weighted by Gasteiger charge is -2.32. The fourth-order valence-electron chi connectivity index (χ4n) is 3.88. The molecule has 5 nitrogen and oxygen atoms in total. The quantitative estimate of drug-likeness (QED) is 0.574. The van der Waals surface area contributed by atoms with E-state index in [1.807, 2.05) is 30.3 Å². The van der Waals surface area contributed by atoms with E-state index in [4.69, 9.17) is 16.3 Å². The Morgan fingerprint density at radius 1 is 0.938 bits per heavy atom. The van der Waals surface area contributed by atoms with E-state index in [2.05, 4.69) is 34.3 Å². The highest BCUT2D eigenvalue weighted by molar-refractivity contribution is 6.30. The van der Waals surface area contributed by atoms with Crippen molar-refractivity contribution >= 4 is 23.2 Å². The maximum atomic E-state index is 12.4. The number of amides is 1. The Labute approximate surface area is 194 Å². The van der Waals surface area contributed by atoms with Crippen molar-refractivity contribution < 1.29 is 9.53 Å². The first-order valence-corrected chi connectivity index (χ1v) is 11.1. The SMILES string of the molecule is COc1ccc(-c2ccc(NC(=O)c3ccc(Cl)cc3)cc2)cc1CN1CCN(C)CC1. The van der Waals surface area contributed by atoms with Gasteiger partial charge >= 0.3 is 0 Å². The van der Waals surface area contributed by atoms with Gasteiger partial charge in [0.25, 0.3) is 5.91 Å². The van der Waals surface area contributed by atoms with E-state index in [1.165, 1.54) is 5.56 Å². The summed E-state index contributed by atoms with van der Waals surface area (Å²) in [4.78, 5) is 17.3. The molecule has 1 heterocycles. The number of nitrogens with zero attached hydrogens (tertiary/aromatic N) is 2. The lowest BCUT2D eigenvalue weighted by molar-refractivity contribution is 0.102. The summed E-state index contributed by atoms with van der Waals surface area (Å²) in [5, 5.41) is 3.54. The number of carbonyl (C=O) groups excluding carboxylic acids is 1. The van der Waals surface area contributed by atoms with E-state index in [0.29, 0.717) is 10.6 Å². The van der Waals surface area contributed by atoms with Gasteiger partial charge in [-0.25, -0.2) is 0 Å². The third kappa shape index (κ3) is 5.49. The van der Waals surface area contributed by atoms with Crippen molar-refractivity contribution in [2.45, 2.75) is 6.54 Å². The molecule has 0 spiro atoms. The number of ether oxygens (including phenoxy) is 1. The zero-order valence-corrected chi connectivity index (χ0v) is 19.2. The molecule has 32 heavy (non-hydrogen) atoms. The maximum absolute atomic E-state index is 12.4. The smallest absolute Gasteiger partial charge is 0.255 e. The minimum Gasteiger partial charge on any atom is -0.496 e. The molecule has 166 valence electrons. The summed E-state index contributed by atoms with van der Waals surface area (Å²) in [5.41, 5.74) is 4.74. The summed E-state index contributed by atoms with van der Waals surface area (Å²) in [5.74, 6) is 0.757. The predicted octanol–water partition coefficient (Wildman–Crippen LogP) is 5.02. The number of likely N-dealkylation sites (N-methyl/N-ethyl adjacent to an activating group) is 1. The molecule has 6 heteroatoms. The average molecular weight is 450 g/mol. The summed E-state index contributed by atoms with van der Waals surface area (Å²) in [6.45, 7) is 5.17.